The van der Waals surface area contributed by atoms with E-state index in [0.29, 0.717) is 31.6 Å². The Hall–Kier alpha value is -3.70. The Morgan fingerprint density at radius 3 is 2.30 bits per heavy atom. The third kappa shape index (κ3) is 15.2. The molecule has 8 N–H and O–H groups in total. The summed E-state index contributed by atoms with van der Waals surface area (Å²) in [6.07, 6.45) is 2.08. The third-order valence-corrected chi connectivity index (χ3v) is 9.05. The Morgan fingerprint density at radius 1 is 1.00 bits per heavy atom. The fourth-order valence-electron chi connectivity index (χ4n) is 4.74. The van der Waals surface area contributed by atoms with Gasteiger partial charge in [0.1, 0.15) is 18.1 Å². The molecule has 15 nitrogen and oxygen atoms in total. The molecule has 2 rings (SSSR count). The number of thioether (sulfide) groups is 1. The van der Waals surface area contributed by atoms with Crippen LogP contribution in [0.25, 0.3) is 0 Å². The number of thiophene rings is 1. The number of aliphatic hydroxyl groups excluding tert-OH is 1. The summed E-state index contributed by atoms with van der Waals surface area (Å²) < 4.78 is 0. The molecule has 7 amide bonds. The quantitative estimate of drug-likeness (QED) is 0.0752. The second kappa shape index (κ2) is 21.2. The Morgan fingerprint density at radius 2 is 1.68 bits per heavy atom. The summed E-state index contributed by atoms with van der Waals surface area (Å²) in [6.45, 7) is 3.29. The highest BCUT2D eigenvalue weighted by Gasteiger charge is 2.37. The first-order valence-corrected chi connectivity index (χ1v) is 17.6. The Labute approximate surface area is 282 Å². The van der Waals surface area contributed by atoms with E-state index in [9.17, 15) is 33.6 Å². The van der Waals surface area contributed by atoms with Gasteiger partial charge in [-0.25, -0.2) is 0 Å². The number of hydrogen-bond acceptors (Lipinski definition) is 10. The molecule has 1 fully saturated rings. The molecule has 0 saturated carbocycles. The topological polar surface area (TPSA) is 229 Å². The van der Waals surface area contributed by atoms with E-state index in [1.54, 1.807) is 0 Å². The summed E-state index contributed by atoms with van der Waals surface area (Å²) in [6, 6.07) is 1.06. The van der Waals surface area contributed by atoms with Crippen LogP contribution in [0, 0.1) is 5.92 Å². The molecule has 0 aliphatic carbocycles. The summed E-state index contributed by atoms with van der Waals surface area (Å²) in [4.78, 5) is 89.5. The lowest BCUT2D eigenvalue weighted by atomic mass is 10.1. The van der Waals surface area contributed by atoms with Gasteiger partial charge in [-0.15, -0.1) is 11.3 Å². The third-order valence-electron chi connectivity index (χ3n) is 7.01. The summed E-state index contributed by atoms with van der Waals surface area (Å²) >= 11 is 2.77. The highest BCUT2D eigenvalue weighted by molar-refractivity contribution is 7.99. The minimum Gasteiger partial charge on any atom is -0.395 e. The van der Waals surface area contributed by atoms with Crippen LogP contribution in [0.3, 0.4) is 0 Å². The maximum absolute atomic E-state index is 13.5. The van der Waals surface area contributed by atoms with Crippen LogP contribution in [-0.4, -0.2) is 114 Å². The van der Waals surface area contributed by atoms with Crippen molar-refractivity contribution in [2.75, 3.05) is 44.3 Å². The highest BCUT2D eigenvalue weighted by Crippen LogP contribution is 2.20. The zero-order valence-corrected chi connectivity index (χ0v) is 28.5. The molecule has 3 atom stereocenters. The molecule has 1 aliphatic heterocycles. The fraction of sp³-hybridized carbons (Fsp3) is 0.633. The lowest BCUT2D eigenvalue weighted by Gasteiger charge is -2.28. The molecular formula is C30H47N7O8S2. The molecule has 2 heterocycles. The van der Waals surface area contributed by atoms with Crippen molar-refractivity contribution in [2.45, 2.75) is 70.5 Å². The maximum Gasteiger partial charge on any atom is 0.246 e. The van der Waals surface area contributed by atoms with E-state index >= 15 is 0 Å². The number of likely N-dealkylation sites (tertiary alicyclic amines) is 1. The number of primary amides is 1. The zero-order chi connectivity index (χ0) is 34.8. The van der Waals surface area contributed by atoms with Crippen molar-refractivity contribution in [3.05, 3.63) is 22.4 Å². The molecule has 0 spiro atoms. The predicted octanol–water partition coefficient (Wildman–Crippen LogP) is -1.36. The van der Waals surface area contributed by atoms with Crippen LogP contribution in [0.2, 0.25) is 0 Å². The largest absolute Gasteiger partial charge is 0.395 e. The average Bonchev–Trinajstić information content (AvgIpc) is 3.72. The number of carbonyl (C=O) groups is 7. The summed E-state index contributed by atoms with van der Waals surface area (Å²) in [7, 11) is 0. The average molecular weight is 698 g/mol. The van der Waals surface area contributed by atoms with Gasteiger partial charge >= 0.3 is 0 Å². The van der Waals surface area contributed by atoms with Gasteiger partial charge in [0.05, 0.1) is 19.7 Å². The molecule has 0 bridgehead atoms. The second-order valence-electron chi connectivity index (χ2n) is 11.5. The fourth-order valence-corrected chi connectivity index (χ4v) is 6.47. The molecule has 47 heavy (non-hydrogen) atoms. The van der Waals surface area contributed by atoms with Crippen LogP contribution in [0.1, 0.15) is 50.8 Å². The van der Waals surface area contributed by atoms with Gasteiger partial charge in [0.2, 0.25) is 41.4 Å². The molecule has 0 radical (unpaired) electrons. The first kappa shape index (κ1) is 39.5. The van der Waals surface area contributed by atoms with Crippen molar-refractivity contribution in [3.63, 3.8) is 0 Å². The minimum atomic E-state index is -0.981. The molecule has 1 aromatic heterocycles. The van der Waals surface area contributed by atoms with Gasteiger partial charge in [-0.3, -0.25) is 33.6 Å². The van der Waals surface area contributed by atoms with Crippen molar-refractivity contribution in [2.24, 2.45) is 11.7 Å². The van der Waals surface area contributed by atoms with E-state index in [1.165, 1.54) is 28.0 Å². The van der Waals surface area contributed by atoms with Crippen LogP contribution < -0.4 is 32.3 Å². The van der Waals surface area contributed by atoms with Gasteiger partial charge in [-0.2, -0.15) is 11.8 Å². The van der Waals surface area contributed by atoms with Crippen molar-refractivity contribution in [1.29, 1.82) is 0 Å². The van der Waals surface area contributed by atoms with E-state index in [0.717, 1.165) is 4.88 Å². The van der Waals surface area contributed by atoms with Gasteiger partial charge < -0.3 is 42.3 Å². The van der Waals surface area contributed by atoms with E-state index in [-0.39, 0.29) is 74.9 Å². The number of nitrogens with zero attached hydrogens (tertiary/aromatic N) is 1. The Kier molecular flexibility index (Phi) is 17.8. The van der Waals surface area contributed by atoms with Gasteiger partial charge in [0.15, 0.2) is 0 Å². The first-order chi connectivity index (χ1) is 22.4. The van der Waals surface area contributed by atoms with Gasteiger partial charge in [-0.1, -0.05) is 19.9 Å². The SMILES string of the molecule is CC(C)CC(=O)NCC(=O)N[C@@H](CSCCCC(=O)NCC(=O)N[C@@H](Cc1cccs1)C(N)=O)C(=O)N1CCC[C@H]1C(=O)NCCO. The maximum atomic E-state index is 13.5. The lowest BCUT2D eigenvalue weighted by Crippen LogP contribution is -2.55. The number of hydrogen-bond donors (Lipinski definition) is 7. The first-order valence-electron chi connectivity index (χ1n) is 15.6. The standard InChI is InChI=1S/C30H47N7O8S2/c1-19(2)14-25(40)34-17-27(42)36-22(30(45)37-10-3-7-23(37)29(44)32-9-11-38)18-46-12-5-8-24(39)33-16-26(41)35-21(28(31)43)15-20-6-4-13-47-20/h4,6,13,19,21-23,38H,3,5,7-12,14-18H2,1-2H3,(H2,31,43)(H,32,44)(H,33,39)(H,34,40)(H,35,41)(H,36,42)/t21-,22-,23-/m0/s1. The lowest BCUT2D eigenvalue weighted by molar-refractivity contribution is -0.141. The van der Waals surface area contributed by atoms with Crippen LogP contribution in [0.5, 0.6) is 0 Å². The number of amides is 7. The monoisotopic (exact) mass is 697 g/mol. The summed E-state index contributed by atoms with van der Waals surface area (Å²) in [5, 5.41) is 23.8. The van der Waals surface area contributed by atoms with Crippen molar-refractivity contribution >= 4 is 64.4 Å². The van der Waals surface area contributed by atoms with Gasteiger partial charge in [0.25, 0.3) is 0 Å². The molecule has 1 aliphatic rings. The minimum absolute atomic E-state index is 0.0607. The van der Waals surface area contributed by atoms with Crippen LogP contribution in [0.4, 0.5) is 0 Å². The van der Waals surface area contributed by atoms with Crippen LogP contribution >= 0.6 is 23.1 Å². The number of nitrogens with two attached hydrogens (primary N) is 1. The second-order valence-corrected chi connectivity index (χ2v) is 13.6. The number of rotatable bonds is 21. The van der Waals surface area contributed by atoms with Gasteiger partial charge in [0, 0.05) is 43.0 Å². The molecule has 1 aromatic rings. The highest BCUT2D eigenvalue weighted by atomic mass is 32.2. The summed E-state index contributed by atoms with van der Waals surface area (Å²) in [5.41, 5.74) is 5.41. The number of nitrogens with one attached hydrogen (secondary N) is 5. The predicted molar refractivity (Wildman–Crippen MR) is 178 cm³/mol. The van der Waals surface area contributed by atoms with E-state index in [2.05, 4.69) is 26.6 Å². The normalized spacial score (nSPS) is 15.4. The molecule has 1 saturated heterocycles. The number of aliphatic hydroxyl groups is 1. The van der Waals surface area contributed by atoms with Gasteiger partial charge in [-0.05, 0) is 42.4 Å². The zero-order valence-electron chi connectivity index (χ0n) is 26.9. The summed E-state index contributed by atoms with van der Waals surface area (Å²) in [5.74, 6) is -2.51. The Bertz CT molecular complexity index is 1210. The molecule has 0 unspecified atom stereocenters. The smallest absolute Gasteiger partial charge is 0.246 e. The van der Waals surface area contributed by atoms with Crippen molar-refractivity contribution < 1.29 is 38.7 Å². The van der Waals surface area contributed by atoms with E-state index in [4.69, 9.17) is 10.8 Å². The van der Waals surface area contributed by atoms with Crippen molar-refractivity contribution in [3.8, 4) is 0 Å². The van der Waals surface area contributed by atoms with E-state index in [1.807, 2.05) is 31.4 Å². The molecule has 17 heteroatoms. The Balaban J connectivity index is 1.85. The van der Waals surface area contributed by atoms with Crippen LogP contribution in [0.15, 0.2) is 17.5 Å². The van der Waals surface area contributed by atoms with E-state index < -0.39 is 41.8 Å². The molecular weight excluding hydrogens is 651 g/mol. The van der Waals surface area contributed by atoms with Crippen LogP contribution in [-0.2, 0) is 40.0 Å². The molecule has 262 valence electrons. The van der Waals surface area contributed by atoms with Crippen molar-refractivity contribution in [1.82, 2.24) is 31.5 Å². The number of carbonyl (C=O) groups excluding carboxylic acids is 7. The molecule has 0 aromatic carbocycles.